The standard InChI is InChI=1S/C40H30N4/c1-40(31-18-20-32(21-19-31)44-37-17-9-8-16-33(37)34-22-24-41-27-38(34)44)23-10-15-30(26-40)36-25-35(28-11-4-2-5-12-28)42-39(43-36)29-13-6-3-7-14-29/h2-22,24-27H,23H2,1H3. The van der Waals surface area contributed by atoms with Crippen LogP contribution in [-0.2, 0) is 5.41 Å². The van der Waals surface area contributed by atoms with E-state index in [-0.39, 0.29) is 5.41 Å². The average Bonchev–Trinajstić information content (AvgIpc) is 3.43. The van der Waals surface area contributed by atoms with Crippen molar-refractivity contribution >= 4 is 27.4 Å². The van der Waals surface area contributed by atoms with Crippen molar-refractivity contribution in [1.29, 1.82) is 0 Å². The summed E-state index contributed by atoms with van der Waals surface area (Å²) in [5.41, 5.74) is 9.54. The van der Waals surface area contributed by atoms with Crippen molar-refractivity contribution in [2.75, 3.05) is 0 Å². The van der Waals surface area contributed by atoms with E-state index in [1.165, 1.54) is 21.9 Å². The van der Waals surface area contributed by atoms with E-state index in [9.17, 15) is 0 Å². The van der Waals surface area contributed by atoms with E-state index in [1.807, 2.05) is 36.7 Å². The van der Waals surface area contributed by atoms with Gasteiger partial charge in [-0.1, -0.05) is 116 Å². The fraction of sp³-hybridized carbons (Fsp3) is 0.0750. The summed E-state index contributed by atoms with van der Waals surface area (Å²) in [6.07, 6.45) is 11.6. The Labute approximate surface area is 256 Å². The largest absolute Gasteiger partial charge is 0.308 e. The Morgan fingerprint density at radius 2 is 1.34 bits per heavy atom. The molecule has 0 fully saturated rings. The number of fused-ring (bicyclic) bond motifs is 3. The second-order valence-electron chi connectivity index (χ2n) is 11.6. The molecule has 3 aromatic heterocycles. The number of pyridine rings is 1. The van der Waals surface area contributed by atoms with E-state index in [2.05, 4.69) is 132 Å². The Hall–Kier alpha value is -5.61. The molecule has 210 valence electrons. The summed E-state index contributed by atoms with van der Waals surface area (Å²) >= 11 is 0. The van der Waals surface area contributed by atoms with Crippen molar-refractivity contribution in [3.63, 3.8) is 0 Å². The molecule has 0 saturated carbocycles. The SMILES string of the molecule is CC1(c2ccc(-n3c4ccccc4c4ccncc43)cc2)C=C(c2cc(-c3ccccc3)nc(-c3ccccc3)n2)C=CC1. The molecule has 0 saturated heterocycles. The van der Waals surface area contributed by atoms with Crippen LogP contribution >= 0.6 is 0 Å². The minimum atomic E-state index is -0.185. The van der Waals surface area contributed by atoms with Gasteiger partial charge in [0.05, 0.1) is 28.6 Å². The lowest BCUT2D eigenvalue weighted by Crippen LogP contribution is -2.21. The number of allylic oxidation sites excluding steroid dienone is 4. The van der Waals surface area contributed by atoms with Crippen LogP contribution in [0.2, 0.25) is 0 Å². The molecule has 0 N–H and O–H groups in total. The van der Waals surface area contributed by atoms with Gasteiger partial charge in [-0.15, -0.1) is 0 Å². The van der Waals surface area contributed by atoms with Crippen molar-refractivity contribution in [3.8, 4) is 28.3 Å². The second kappa shape index (κ2) is 10.6. The zero-order chi connectivity index (χ0) is 29.5. The summed E-state index contributed by atoms with van der Waals surface area (Å²) in [6, 6.07) is 42.3. The van der Waals surface area contributed by atoms with E-state index in [0.29, 0.717) is 0 Å². The minimum absolute atomic E-state index is 0.185. The third-order valence-electron chi connectivity index (χ3n) is 8.70. The maximum atomic E-state index is 5.08. The molecule has 0 bridgehead atoms. The normalized spacial score (nSPS) is 16.3. The van der Waals surface area contributed by atoms with E-state index in [0.717, 1.165) is 51.5 Å². The quantitative estimate of drug-likeness (QED) is 0.208. The number of rotatable bonds is 5. The molecule has 0 spiro atoms. The van der Waals surface area contributed by atoms with Crippen molar-refractivity contribution < 1.29 is 0 Å². The van der Waals surface area contributed by atoms with Crippen LogP contribution in [-0.4, -0.2) is 19.5 Å². The first-order valence-electron chi connectivity index (χ1n) is 15.0. The molecule has 0 amide bonds. The monoisotopic (exact) mass is 566 g/mol. The highest BCUT2D eigenvalue weighted by Gasteiger charge is 2.27. The van der Waals surface area contributed by atoms with Gasteiger partial charge in [0, 0.05) is 39.2 Å². The third kappa shape index (κ3) is 4.52. The topological polar surface area (TPSA) is 43.6 Å². The van der Waals surface area contributed by atoms with Crippen LogP contribution in [0.4, 0.5) is 0 Å². The molecule has 0 aliphatic heterocycles. The van der Waals surface area contributed by atoms with Crippen molar-refractivity contribution in [2.45, 2.75) is 18.8 Å². The average molecular weight is 567 g/mol. The minimum Gasteiger partial charge on any atom is -0.308 e. The summed E-state index contributed by atoms with van der Waals surface area (Å²) in [6.45, 7) is 2.31. The molecule has 1 atom stereocenters. The first-order valence-corrected chi connectivity index (χ1v) is 15.0. The number of hydrogen-bond donors (Lipinski definition) is 0. The van der Waals surface area contributed by atoms with Gasteiger partial charge in [-0.05, 0) is 47.9 Å². The fourth-order valence-corrected chi connectivity index (χ4v) is 6.40. The predicted octanol–water partition coefficient (Wildman–Crippen LogP) is 9.60. The number of benzene rings is 4. The summed E-state index contributed by atoms with van der Waals surface area (Å²) in [4.78, 5) is 14.5. The van der Waals surface area contributed by atoms with Crippen LogP contribution in [0, 0.1) is 0 Å². The molecular weight excluding hydrogens is 536 g/mol. The van der Waals surface area contributed by atoms with Crippen LogP contribution in [0.25, 0.3) is 55.7 Å². The molecule has 4 heteroatoms. The second-order valence-corrected chi connectivity index (χ2v) is 11.6. The summed E-state index contributed by atoms with van der Waals surface area (Å²) in [5, 5.41) is 2.45. The molecule has 3 heterocycles. The summed E-state index contributed by atoms with van der Waals surface area (Å²) in [7, 11) is 0. The zero-order valence-electron chi connectivity index (χ0n) is 24.4. The van der Waals surface area contributed by atoms with Crippen LogP contribution in [0.1, 0.15) is 24.6 Å². The third-order valence-corrected chi connectivity index (χ3v) is 8.70. The molecule has 4 aromatic carbocycles. The van der Waals surface area contributed by atoms with E-state index in [1.54, 1.807) is 0 Å². The molecule has 7 aromatic rings. The van der Waals surface area contributed by atoms with Crippen LogP contribution in [0.15, 0.2) is 152 Å². The van der Waals surface area contributed by atoms with Gasteiger partial charge < -0.3 is 4.57 Å². The Kier molecular flexibility index (Phi) is 6.27. The van der Waals surface area contributed by atoms with Crippen molar-refractivity contribution in [2.24, 2.45) is 0 Å². The van der Waals surface area contributed by atoms with Crippen molar-refractivity contribution in [3.05, 3.63) is 163 Å². The van der Waals surface area contributed by atoms with E-state index >= 15 is 0 Å². The first kappa shape index (κ1) is 26.1. The maximum absolute atomic E-state index is 5.08. The Balaban J connectivity index is 1.20. The molecule has 8 rings (SSSR count). The molecule has 4 nitrogen and oxygen atoms in total. The van der Waals surface area contributed by atoms with Crippen LogP contribution in [0.5, 0.6) is 0 Å². The fourth-order valence-electron chi connectivity index (χ4n) is 6.40. The summed E-state index contributed by atoms with van der Waals surface area (Å²) in [5.74, 6) is 0.730. The summed E-state index contributed by atoms with van der Waals surface area (Å²) < 4.78 is 2.31. The van der Waals surface area contributed by atoms with Gasteiger partial charge in [0.2, 0.25) is 0 Å². The molecule has 0 radical (unpaired) electrons. The highest BCUT2D eigenvalue weighted by atomic mass is 15.0. The molecule has 44 heavy (non-hydrogen) atoms. The van der Waals surface area contributed by atoms with Gasteiger partial charge in [0.25, 0.3) is 0 Å². The lowest BCUT2D eigenvalue weighted by atomic mass is 9.75. The highest BCUT2D eigenvalue weighted by molar-refractivity contribution is 6.08. The van der Waals surface area contributed by atoms with Crippen molar-refractivity contribution in [1.82, 2.24) is 19.5 Å². The first-order chi connectivity index (χ1) is 21.7. The van der Waals surface area contributed by atoms with Crippen LogP contribution in [0.3, 0.4) is 0 Å². The Bertz CT molecular complexity index is 2080. The molecule has 1 unspecified atom stereocenters. The number of para-hydroxylation sites is 1. The van der Waals surface area contributed by atoms with Gasteiger partial charge in [-0.3, -0.25) is 4.98 Å². The zero-order valence-corrected chi connectivity index (χ0v) is 24.4. The van der Waals surface area contributed by atoms with E-state index < -0.39 is 0 Å². The number of aromatic nitrogens is 4. The number of hydrogen-bond acceptors (Lipinski definition) is 3. The maximum Gasteiger partial charge on any atom is 0.160 e. The molecule has 1 aliphatic carbocycles. The molecule has 1 aliphatic rings. The smallest absolute Gasteiger partial charge is 0.160 e. The van der Waals surface area contributed by atoms with Gasteiger partial charge in [0.15, 0.2) is 5.82 Å². The van der Waals surface area contributed by atoms with E-state index in [4.69, 9.17) is 9.97 Å². The van der Waals surface area contributed by atoms with Crippen LogP contribution < -0.4 is 0 Å². The van der Waals surface area contributed by atoms with Gasteiger partial charge in [-0.25, -0.2) is 9.97 Å². The van der Waals surface area contributed by atoms with Gasteiger partial charge >= 0.3 is 0 Å². The predicted molar refractivity (Wildman–Crippen MR) is 181 cm³/mol. The number of nitrogens with zero attached hydrogens (tertiary/aromatic N) is 4. The lowest BCUT2D eigenvalue weighted by molar-refractivity contribution is 0.602. The Morgan fingerprint density at radius 3 is 2.14 bits per heavy atom. The lowest BCUT2D eigenvalue weighted by Gasteiger charge is -2.29. The highest BCUT2D eigenvalue weighted by Crippen LogP contribution is 2.39. The Morgan fingerprint density at radius 1 is 0.659 bits per heavy atom. The molecular formula is C40H30N4. The van der Waals surface area contributed by atoms with Gasteiger partial charge in [0.1, 0.15) is 0 Å². The van der Waals surface area contributed by atoms with Gasteiger partial charge in [-0.2, -0.15) is 0 Å².